The van der Waals surface area contributed by atoms with E-state index in [0.29, 0.717) is 5.75 Å². The van der Waals surface area contributed by atoms with E-state index in [1.807, 2.05) is 42.5 Å². The number of benzene rings is 2. The van der Waals surface area contributed by atoms with Gasteiger partial charge in [-0.2, -0.15) is 0 Å². The van der Waals surface area contributed by atoms with Gasteiger partial charge in [0, 0.05) is 17.2 Å². The lowest BCUT2D eigenvalue weighted by Crippen LogP contribution is -2.46. The Morgan fingerprint density at radius 1 is 0.933 bits per heavy atom. The topological polar surface area (TPSA) is 78.2 Å². The molecule has 0 atom stereocenters. The Labute approximate surface area is 178 Å². The highest BCUT2D eigenvalue weighted by atomic mass is 32.2. The van der Waals surface area contributed by atoms with Crippen molar-refractivity contribution in [2.24, 2.45) is 0 Å². The van der Waals surface area contributed by atoms with Crippen molar-refractivity contribution in [1.82, 2.24) is 14.9 Å². The summed E-state index contributed by atoms with van der Waals surface area (Å²) in [4.78, 5) is 33.6. The van der Waals surface area contributed by atoms with E-state index in [9.17, 15) is 9.59 Å². The fourth-order valence-electron chi connectivity index (χ4n) is 2.77. The molecule has 0 spiro atoms. The van der Waals surface area contributed by atoms with E-state index in [1.165, 1.54) is 4.90 Å². The van der Waals surface area contributed by atoms with Crippen LogP contribution in [0.25, 0.3) is 12.2 Å². The van der Waals surface area contributed by atoms with Crippen LogP contribution in [0.3, 0.4) is 0 Å². The van der Waals surface area contributed by atoms with E-state index < -0.39 is 0 Å². The lowest BCUT2D eigenvalue weighted by Gasteiger charge is -2.08. The third kappa shape index (κ3) is 5.98. The predicted molar refractivity (Wildman–Crippen MR) is 123 cm³/mol. The largest absolute Gasteiger partial charge is 0.497 e. The summed E-state index contributed by atoms with van der Waals surface area (Å²) in [6.07, 6.45) is 3.29. The second kappa shape index (κ2) is 10.1. The molecule has 156 valence electrons. The molecule has 0 radical (unpaired) electrons. The Hall–Kier alpha value is -3.03. The molecule has 0 bridgehead atoms. The summed E-state index contributed by atoms with van der Waals surface area (Å²) in [6.45, 7) is 1.01. The molecule has 0 unspecified atom stereocenters. The van der Waals surface area contributed by atoms with Gasteiger partial charge in [0.1, 0.15) is 16.4 Å². The van der Waals surface area contributed by atoms with Crippen LogP contribution in [0.2, 0.25) is 0 Å². The van der Waals surface area contributed by atoms with Gasteiger partial charge in [0.05, 0.1) is 7.11 Å². The van der Waals surface area contributed by atoms with Crippen molar-refractivity contribution < 1.29 is 4.74 Å². The van der Waals surface area contributed by atoms with Crippen molar-refractivity contribution in [3.05, 3.63) is 91.1 Å². The lowest BCUT2D eigenvalue weighted by atomic mass is 10.2. The molecule has 0 fully saturated rings. The maximum atomic E-state index is 12.5. The third-order valence-corrected chi connectivity index (χ3v) is 5.38. The number of methoxy groups -OCH3 is 1. The molecule has 0 amide bonds. The molecule has 0 aliphatic carbocycles. The van der Waals surface area contributed by atoms with Crippen LogP contribution >= 0.6 is 11.8 Å². The summed E-state index contributed by atoms with van der Waals surface area (Å²) in [6, 6.07) is 15.2. The van der Waals surface area contributed by atoms with Gasteiger partial charge >= 0.3 is 0 Å². The number of nitrogens with zero attached hydrogens (tertiary/aromatic N) is 1. The SMILES string of the molecule is COc1cccc(C=c2[nH]c(=O)c(=Cc3ccc(SCCN(C)C)cc3)[nH]c2=O)c1. The van der Waals surface area contributed by atoms with Crippen molar-refractivity contribution in [3.8, 4) is 5.75 Å². The van der Waals surface area contributed by atoms with Crippen LogP contribution in [0.15, 0.2) is 63.0 Å². The molecular weight excluding hydrogens is 398 g/mol. The highest BCUT2D eigenvalue weighted by molar-refractivity contribution is 7.99. The number of thioether (sulfide) groups is 1. The molecule has 0 saturated heterocycles. The third-order valence-electron chi connectivity index (χ3n) is 4.39. The Morgan fingerprint density at radius 3 is 2.17 bits per heavy atom. The minimum absolute atomic E-state index is 0.193. The molecule has 2 N–H and O–H groups in total. The van der Waals surface area contributed by atoms with Crippen LogP contribution in [-0.2, 0) is 0 Å². The smallest absolute Gasteiger partial charge is 0.272 e. The van der Waals surface area contributed by atoms with Crippen LogP contribution in [-0.4, -0.2) is 48.4 Å². The van der Waals surface area contributed by atoms with Crippen molar-refractivity contribution in [2.75, 3.05) is 33.5 Å². The molecule has 3 aromatic rings. The Kier molecular flexibility index (Phi) is 7.32. The molecule has 0 aliphatic heterocycles. The first kappa shape index (κ1) is 21.7. The highest BCUT2D eigenvalue weighted by Crippen LogP contribution is 2.18. The van der Waals surface area contributed by atoms with Crippen molar-refractivity contribution in [3.63, 3.8) is 0 Å². The van der Waals surface area contributed by atoms with Crippen molar-refractivity contribution >= 4 is 23.9 Å². The highest BCUT2D eigenvalue weighted by Gasteiger charge is 2.00. The summed E-state index contributed by atoms with van der Waals surface area (Å²) in [7, 11) is 5.68. The van der Waals surface area contributed by atoms with E-state index in [1.54, 1.807) is 37.1 Å². The summed E-state index contributed by atoms with van der Waals surface area (Å²) in [5.41, 5.74) is 0.889. The first-order chi connectivity index (χ1) is 14.4. The van der Waals surface area contributed by atoms with Gasteiger partial charge < -0.3 is 19.6 Å². The molecule has 7 heteroatoms. The molecule has 6 nitrogen and oxygen atoms in total. The maximum Gasteiger partial charge on any atom is 0.272 e. The first-order valence-electron chi connectivity index (χ1n) is 9.52. The summed E-state index contributed by atoms with van der Waals surface area (Å²) in [5, 5.41) is 0.411. The normalized spacial score (nSPS) is 12.5. The molecule has 2 aromatic carbocycles. The van der Waals surface area contributed by atoms with Crippen molar-refractivity contribution in [1.29, 1.82) is 0 Å². The van der Waals surface area contributed by atoms with Gasteiger partial charge in [-0.15, -0.1) is 11.8 Å². The maximum absolute atomic E-state index is 12.5. The minimum atomic E-state index is -0.362. The molecule has 30 heavy (non-hydrogen) atoms. The van der Waals surface area contributed by atoms with Gasteiger partial charge in [0.25, 0.3) is 11.1 Å². The molecule has 1 aromatic heterocycles. The number of H-pyrrole nitrogens is 2. The minimum Gasteiger partial charge on any atom is -0.497 e. The zero-order chi connectivity index (χ0) is 21.5. The Bertz CT molecular complexity index is 1230. The summed E-state index contributed by atoms with van der Waals surface area (Å²) < 4.78 is 5.19. The molecule has 3 rings (SSSR count). The molecule has 0 saturated carbocycles. The standard InChI is InChI=1S/C23H25N3O3S/c1-26(2)11-12-30-19-9-7-16(8-10-19)14-20-22(27)25-21(23(28)24-20)15-17-5-4-6-18(13-17)29-3/h4-10,13-15H,11-12H2,1-3H3,(H,24,28)(H,25,27). The number of ether oxygens (including phenoxy) is 1. The second-order valence-electron chi connectivity index (χ2n) is 7.02. The van der Waals surface area contributed by atoms with E-state index in [4.69, 9.17) is 4.74 Å². The van der Waals surface area contributed by atoms with Gasteiger partial charge in [0.2, 0.25) is 0 Å². The van der Waals surface area contributed by atoms with Crippen molar-refractivity contribution in [2.45, 2.75) is 4.90 Å². The summed E-state index contributed by atoms with van der Waals surface area (Å²) in [5.74, 6) is 1.68. The zero-order valence-corrected chi connectivity index (χ0v) is 18.1. The van der Waals surface area contributed by atoms with Crippen LogP contribution in [0.1, 0.15) is 11.1 Å². The van der Waals surface area contributed by atoms with E-state index >= 15 is 0 Å². The predicted octanol–water partition coefficient (Wildman–Crippen LogP) is 1.38. The number of nitrogens with one attached hydrogen (secondary N) is 2. The van der Waals surface area contributed by atoms with Gasteiger partial charge in [-0.05, 0) is 61.6 Å². The zero-order valence-electron chi connectivity index (χ0n) is 17.3. The van der Waals surface area contributed by atoms with Crippen LogP contribution in [0.4, 0.5) is 0 Å². The molecule has 1 heterocycles. The van der Waals surface area contributed by atoms with Gasteiger partial charge in [-0.3, -0.25) is 9.59 Å². The Balaban J connectivity index is 1.86. The quantitative estimate of drug-likeness (QED) is 0.562. The van der Waals surface area contributed by atoms with E-state index in [2.05, 4.69) is 29.0 Å². The van der Waals surface area contributed by atoms with Crippen LogP contribution < -0.4 is 26.6 Å². The number of aromatic nitrogens is 2. The van der Waals surface area contributed by atoms with Crippen LogP contribution in [0, 0.1) is 0 Å². The van der Waals surface area contributed by atoms with E-state index in [0.717, 1.165) is 23.4 Å². The second-order valence-corrected chi connectivity index (χ2v) is 8.19. The fourth-order valence-corrected chi connectivity index (χ4v) is 3.79. The Morgan fingerprint density at radius 2 is 1.57 bits per heavy atom. The fraction of sp³-hybridized carbons (Fsp3) is 0.217. The molecular formula is C23H25N3O3S. The summed E-state index contributed by atoms with van der Waals surface area (Å²) >= 11 is 1.78. The van der Waals surface area contributed by atoms with Crippen LogP contribution in [0.5, 0.6) is 5.75 Å². The van der Waals surface area contributed by atoms with Gasteiger partial charge in [-0.25, -0.2) is 0 Å². The number of aromatic amines is 2. The average molecular weight is 424 g/mol. The van der Waals surface area contributed by atoms with Gasteiger partial charge in [-0.1, -0.05) is 24.3 Å². The number of hydrogen-bond acceptors (Lipinski definition) is 5. The lowest BCUT2D eigenvalue weighted by molar-refractivity contribution is 0.414. The monoisotopic (exact) mass is 423 g/mol. The first-order valence-corrected chi connectivity index (χ1v) is 10.5. The number of hydrogen-bond donors (Lipinski definition) is 2. The van der Waals surface area contributed by atoms with Gasteiger partial charge in [0.15, 0.2) is 0 Å². The van der Waals surface area contributed by atoms with E-state index in [-0.39, 0.29) is 21.8 Å². The molecule has 0 aliphatic rings. The average Bonchev–Trinajstić information content (AvgIpc) is 2.73. The number of rotatable bonds is 7.